The van der Waals surface area contributed by atoms with Gasteiger partial charge >= 0.3 is 0 Å². The topological polar surface area (TPSA) is 86.2 Å². The van der Waals surface area contributed by atoms with Crippen LogP contribution in [0.2, 0.25) is 5.02 Å². The Morgan fingerprint density at radius 2 is 1.94 bits per heavy atom. The molecule has 1 fully saturated rings. The maximum atomic E-state index is 13.8. The van der Waals surface area contributed by atoms with Gasteiger partial charge < -0.3 is 10.2 Å². The summed E-state index contributed by atoms with van der Waals surface area (Å²) in [5.41, 5.74) is 1.04. The van der Waals surface area contributed by atoms with Crippen LogP contribution >= 0.6 is 11.6 Å². The van der Waals surface area contributed by atoms with Crippen molar-refractivity contribution >= 4 is 38.7 Å². The van der Waals surface area contributed by atoms with Gasteiger partial charge in [-0.3, -0.25) is 4.79 Å². The maximum Gasteiger partial charge on any atom is 0.259 e. The molecule has 32 heavy (non-hydrogen) atoms. The van der Waals surface area contributed by atoms with Crippen molar-refractivity contribution in [2.75, 3.05) is 29.6 Å². The van der Waals surface area contributed by atoms with E-state index in [0.717, 1.165) is 0 Å². The number of halogens is 3. The first kappa shape index (κ1) is 26.0. The molecule has 6 nitrogen and oxygen atoms in total. The predicted molar refractivity (Wildman–Crippen MR) is 126 cm³/mol. The molecule has 3 rings (SSSR count). The minimum atomic E-state index is -2.94. The van der Waals surface area contributed by atoms with Gasteiger partial charge in [0, 0.05) is 42.8 Å². The van der Waals surface area contributed by atoms with Crippen LogP contribution in [-0.4, -0.2) is 40.4 Å². The number of pyridine rings is 1. The molecule has 1 aliphatic heterocycles. The molecule has 0 radical (unpaired) electrons. The third kappa shape index (κ3) is 6.62. The molecule has 1 atom stereocenters. The lowest BCUT2D eigenvalue weighted by Crippen LogP contribution is -2.29. The number of nitrogens with one attached hydrogen (secondary N) is 2. The van der Waals surface area contributed by atoms with Crippen LogP contribution in [0.3, 0.4) is 0 Å². The summed E-state index contributed by atoms with van der Waals surface area (Å²) in [7, 11) is -2.94. The second-order valence-corrected chi connectivity index (χ2v) is 10.0. The molecule has 176 valence electrons. The van der Waals surface area contributed by atoms with E-state index in [0.29, 0.717) is 28.8 Å². The molecule has 0 spiro atoms. The van der Waals surface area contributed by atoms with Crippen LogP contribution in [0.1, 0.15) is 49.2 Å². The fraction of sp³-hybridized carbons (Fsp3) is 0.455. The second-order valence-electron chi connectivity index (χ2n) is 7.45. The molecule has 1 aromatic carbocycles. The molecule has 1 aromatic heterocycles. The number of aryl methyl sites for hydroxylation is 1. The number of hydrogen-bond acceptors (Lipinski definition) is 5. The van der Waals surface area contributed by atoms with E-state index in [2.05, 4.69) is 10.3 Å². The third-order valence-electron chi connectivity index (χ3n) is 4.94. The van der Waals surface area contributed by atoms with Gasteiger partial charge in [0.15, 0.2) is 0 Å². The molecule has 1 aliphatic rings. The van der Waals surface area contributed by atoms with Gasteiger partial charge in [0.2, 0.25) is 5.92 Å². The fourth-order valence-electron chi connectivity index (χ4n) is 3.27. The molecule has 2 heterocycles. The molecule has 0 bridgehead atoms. The number of alkyl halides is 2. The smallest absolute Gasteiger partial charge is 0.259 e. The van der Waals surface area contributed by atoms with E-state index >= 15 is 0 Å². The zero-order valence-corrected chi connectivity index (χ0v) is 20.2. The Hall–Kier alpha value is -2.26. The highest BCUT2D eigenvalue weighted by molar-refractivity contribution is 7.91. The van der Waals surface area contributed by atoms with E-state index in [9.17, 15) is 17.8 Å². The normalized spacial score (nSPS) is 17.4. The first-order valence-electron chi connectivity index (χ1n) is 10.4. The highest BCUT2D eigenvalue weighted by atomic mass is 35.5. The number of hydrogen-bond donors (Lipinski definition) is 2. The molecule has 2 aromatic rings. The van der Waals surface area contributed by atoms with Gasteiger partial charge in [0.1, 0.15) is 5.82 Å². The average molecular weight is 487 g/mol. The number of carbonyl (C=O) groups is 1. The molecule has 0 saturated carbocycles. The van der Waals surface area contributed by atoms with Crippen molar-refractivity contribution in [3.8, 4) is 0 Å². The number of aromatic nitrogens is 1. The van der Waals surface area contributed by atoms with Crippen LogP contribution in [0.15, 0.2) is 35.2 Å². The van der Waals surface area contributed by atoms with Gasteiger partial charge in [-0.25, -0.2) is 22.8 Å². The highest BCUT2D eigenvalue weighted by Crippen LogP contribution is 2.32. The van der Waals surface area contributed by atoms with Crippen LogP contribution in [0, 0.1) is 11.7 Å². The van der Waals surface area contributed by atoms with Gasteiger partial charge in [-0.1, -0.05) is 31.5 Å². The summed E-state index contributed by atoms with van der Waals surface area (Å²) in [5, 5.41) is 3.00. The minimum Gasteiger partial charge on any atom is -0.356 e. The summed E-state index contributed by atoms with van der Waals surface area (Å²) in [4.78, 5) is 19.4. The van der Waals surface area contributed by atoms with Gasteiger partial charge in [0.05, 0.1) is 26.0 Å². The number of rotatable bonds is 4. The Morgan fingerprint density at radius 3 is 2.59 bits per heavy atom. The van der Waals surface area contributed by atoms with Gasteiger partial charge in [-0.2, -0.15) is 0 Å². The maximum absolute atomic E-state index is 13.8. The van der Waals surface area contributed by atoms with Crippen molar-refractivity contribution in [3.05, 3.63) is 46.6 Å². The van der Waals surface area contributed by atoms with Crippen LogP contribution in [0.5, 0.6) is 0 Å². The second kappa shape index (κ2) is 10.6. The molecule has 1 saturated heterocycles. The molecular weight excluding hydrogens is 458 g/mol. The van der Waals surface area contributed by atoms with E-state index in [1.807, 2.05) is 13.8 Å². The Bertz CT molecular complexity index is 1080. The van der Waals surface area contributed by atoms with Crippen molar-refractivity contribution in [2.24, 2.45) is 0 Å². The lowest BCUT2D eigenvalue weighted by atomic mass is 10.1. The predicted octanol–water partition coefficient (Wildman–Crippen LogP) is 5.98. The number of amides is 1. The largest absolute Gasteiger partial charge is 0.356 e. The summed E-state index contributed by atoms with van der Waals surface area (Å²) >= 11 is 6.19. The van der Waals surface area contributed by atoms with Gasteiger partial charge in [0.25, 0.3) is 5.91 Å². The lowest BCUT2D eigenvalue weighted by molar-refractivity contribution is -0.0102. The van der Waals surface area contributed by atoms with Crippen molar-refractivity contribution in [1.82, 2.24) is 4.98 Å². The van der Waals surface area contributed by atoms with E-state index in [-0.39, 0.29) is 36.3 Å². The van der Waals surface area contributed by atoms with Crippen molar-refractivity contribution in [3.63, 3.8) is 0 Å². The third-order valence-corrected chi connectivity index (χ3v) is 6.47. The van der Waals surface area contributed by atoms with Gasteiger partial charge in [-0.15, -0.1) is 0 Å². The van der Waals surface area contributed by atoms with E-state index in [4.69, 9.17) is 16.4 Å². The van der Waals surface area contributed by atoms with Crippen molar-refractivity contribution < 1.29 is 17.8 Å². The Labute approximate surface area is 193 Å². The van der Waals surface area contributed by atoms with Crippen LogP contribution in [0.4, 0.5) is 20.3 Å². The van der Waals surface area contributed by atoms with E-state index in [1.165, 1.54) is 18.4 Å². The molecule has 0 aliphatic carbocycles. The summed E-state index contributed by atoms with van der Waals surface area (Å²) in [6.45, 7) is 6.12. The summed E-state index contributed by atoms with van der Waals surface area (Å²) in [6, 6.07) is 7.72. The Kier molecular flexibility index (Phi) is 8.59. The SMILES string of the molecule is CC.Cc1nc(N2CCCC(F)(F)CC2)c(C(=O)Nc2cccc(S(C)(=N)=O)c2)cc1Cl. The molecule has 10 heteroatoms. The molecule has 1 amide bonds. The summed E-state index contributed by atoms with van der Waals surface area (Å²) in [5.74, 6) is -2.94. The number of nitrogens with zero attached hydrogens (tertiary/aromatic N) is 2. The minimum absolute atomic E-state index is 0.0770. The average Bonchev–Trinajstić information content (AvgIpc) is 2.91. The highest BCUT2D eigenvalue weighted by Gasteiger charge is 2.33. The van der Waals surface area contributed by atoms with Crippen LogP contribution in [-0.2, 0) is 9.73 Å². The van der Waals surface area contributed by atoms with Crippen molar-refractivity contribution in [2.45, 2.75) is 50.9 Å². The lowest BCUT2D eigenvalue weighted by Gasteiger charge is -2.24. The van der Waals surface area contributed by atoms with Crippen molar-refractivity contribution in [1.29, 1.82) is 4.78 Å². The number of anilines is 2. The van der Waals surface area contributed by atoms with Crippen LogP contribution < -0.4 is 10.2 Å². The number of carbonyl (C=O) groups excluding carboxylic acids is 1. The zero-order chi connectivity index (χ0) is 24.1. The van der Waals surface area contributed by atoms with E-state index in [1.54, 1.807) is 30.0 Å². The summed E-state index contributed by atoms with van der Waals surface area (Å²) in [6.07, 6.45) is 1.07. The fourth-order valence-corrected chi connectivity index (χ4v) is 4.11. The van der Waals surface area contributed by atoms with E-state index < -0.39 is 21.6 Å². The molecular formula is C22H29ClF2N4O2S. The number of benzene rings is 1. The summed E-state index contributed by atoms with van der Waals surface area (Å²) < 4.78 is 47.3. The molecule has 1 unspecified atom stereocenters. The van der Waals surface area contributed by atoms with Gasteiger partial charge in [-0.05, 0) is 37.6 Å². The van der Waals surface area contributed by atoms with Crippen LogP contribution in [0.25, 0.3) is 0 Å². The quantitative estimate of drug-likeness (QED) is 0.556. The molecule has 2 N–H and O–H groups in total. The zero-order valence-electron chi connectivity index (χ0n) is 18.7. The monoisotopic (exact) mass is 486 g/mol. The standard InChI is InChI=1S/C20H23ClF2N4O2S.C2H6/c1-13-17(21)12-16(18(25-13)27-9-4-7-20(22,23)8-10-27)19(28)26-14-5-3-6-15(11-14)30(2,24)29;1-2/h3,5-6,11-12,24H,4,7-10H2,1-2H3,(H,26,28);1-2H3. The Balaban J connectivity index is 0.00000176. The first-order chi connectivity index (χ1) is 15.0. The Morgan fingerprint density at radius 1 is 1.25 bits per heavy atom. The first-order valence-corrected chi connectivity index (χ1v) is 12.8.